The van der Waals surface area contributed by atoms with Crippen LogP contribution in [0.4, 0.5) is 0 Å². The van der Waals surface area contributed by atoms with E-state index in [0.29, 0.717) is 16.1 Å². The molecule has 0 aliphatic carbocycles. The van der Waals surface area contributed by atoms with Crippen LogP contribution in [0, 0.1) is 0 Å². The third kappa shape index (κ3) is 5.08. The average Bonchev–Trinajstić information content (AvgIpc) is 2.59. The molecule has 3 N–H and O–H groups in total. The van der Waals surface area contributed by atoms with Crippen molar-refractivity contribution in [3.8, 4) is 0 Å². The molecule has 23 heavy (non-hydrogen) atoms. The van der Waals surface area contributed by atoms with E-state index in [-0.39, 0.29) is 6.54 Å². The standard InChI is InChI=1S/C15H13ClN4O3/c16-12-3-1-10(2-4-12)14(22)18-9-13(21)19-20-15(23)11-5-7-17-8-6-11/h1-8H,9H2,(H,18,22)(H,19,21)(H,20,23). The Hall–Kier alpha value is -2.93. The second-order valence-corrected chi connectivity index (χ2v) is 4.86. The fourth-order valence-electron chi connectivity index (χ4n) is 1.61. The lowest BCUT2D eigenvalue weighted by molar-refractivity contribution is -0.120. The van der Waals surface area contributed by atoms with Gasteiger partial charge in [0.05, 0.1) is 6.54 Å². The number of hydrogen-bond donors (Lipinski definition) is 3. The molecule has 0 fully saturated rings. The summed E-state index contributed by atoms with van der Waals surface area (Å²) in [7, 11) is 0. The first-order chi connectivity index (χ1) is 11.1. The molecule has 8 heteroatoms. The Balaban J connectivity index is 1.76. The van der Waals surface area contributed by atoms with Crippen molar-refractivity contribution >= 4 is 29.3 Å². The number of halogens is 1. The molecule has 0 spiro atoms. The minimum absolute atomic E-state index is 0.280. The van der Waals surface area contributed by atoms with Crippen LogP contribution >= 0.6 is 11.6 Å². The molecule has 1 aromatic heterocycles. The number of rotatable bonds is 4. The first kappa shape index (κ1) is 16.4. The number of hydrogen-bond acceptors (Lipinski definition) is 4. The summed E-state index contributed by atoms with van der Waals surface area (Å²) in [6.45, 7) is -0.280. The summed E-state index contributed by atoms with van der Waals surface area (Å²) in [5.41, 5.74) is 5.17. The summed E-state index contributed by atoms with van der Waals surface area (Å²) in [4.78, 5) is 38.9. The van der Waals surface area contributed by atoms with Crippen LogP contribution in [0.15, 0.2) is 48.8 Å². The zero-order valence-electron chi connectivity index (χ0n) is 11.9. The van der Waals surface area contributed by atoms with Gasteiger partial charge in [-0.1, -0.05) is 11.6 Å². The summed E-state index contributed by atoms with van der Waals surface area (Å²) < 4.78 is 0. The Morgan fingerprint density at radius 2 is 1.48 bits per heavy atom. The van der Waals surface area contributed by atoms with E-state index in [2.05, 4.69) is 21.2 Å². The van der Waals surface area contributed by atoms with Gasteiger partial charge >= 0.3 is 0 Å². The first-order valence-corrected chi connectivity index (χ1v) is 6.97. The number of hydrazine groups is 1. The number of amides is 3. The topological polar surface area (TPSA) is 100 Å². The van der Waals surface area contributed by atoms with Gasteiger partial charge in [0.1, 0.15) is 0 Å². The summed E-state index contributed by atoms with van der Waals surface area (Å²) in [5, 5.41) is 2.94. The van der Waals surface area contributed by atoms with E-state index in [9.17, 15) is 14.4 Å². The normalized spacial score (nSPS) is 9.78. The van der Waals surface area contributed by atoms with Gasteiger partial charge in [0.15, 0.2) is 0 Å². The lowest BCUT2D eigenvalue weighted by atomic mass is 10.2. The zero-order valence-corrected chi connectivity index (χ0v) is 12.6. The molecular formula is C15H13ClN4O3. The molecule has 7 nitrogen and oxygen atoms in total. The molecule has 0 atom stereocenters. The van der Waals surface area contributed by atoms with Crippen molar-refractivity contribution in [1.29, 1.82) is 0 Å². The number of aromatic nitrogens is 1. The van der Waals surface area contributed by atoms with Gasteiger partial charge in [0, 0.05) is 28.5 Å². The largest absolute Gasteiger partial charge is 0.343 e. The smallest absolute Gasteiger partial charge is 0.269 e. The molecule has 118 valence electrons. The van der Waals surface area contributed by atoms with E-state index >= 15 is 0 Å². The number of nitrogens with one attached hydrogen (secondary N) is 3. The molecule has 0 saturated carbocycles. The predicted octanol–water partition coefficient (Wildman–Crippen LogP) is 0.926. The maximum Gasteiger partial charge on any atom is 0.269 e. The van der Waals surface area contributed by atoms with Gasteiger partial charge in [0.2, 0.25) is 0 Å². The van der Waals surface area contributed by atoms with Gasteiger partial charge < -0.3 is 5.32 Å². The first-order valence-electron chi connectivity index (χ1n) is 6.59. The van der Waals surface area contributed by atoms with Crippen molar-refractivity contribution in [3.05, 3.63) is 64.9 Å². The van der Waals surface area contributed by atoms with Crippen LogP contribution in [0.1, 0.15) is 20.7 Å². The number of benzene rings is 1. The molecule has 2 aromatic rings. The molecule has 0 aliphatic heterocycles. The number of nitrogens with zero attached hydrogens (tertiary/aromatic N) is 1. The van der Waals surface area contributed by atoms with E-state index in [1.54, 1.807) is 24.3 Å². The van der Waals surface area contributed by atoms with Gasteiger partial charge in [-0.3, -0.25) is 30.2 Å². The third-order valence-electron chi connectivity index (χ3n) is 2.77. The minimum atomic E-state index is -0.560. The Morgan fingerprint density at radius 1 is 0.870 bits per heavy atom. The van der Waals surface area contributed by atoms with E-state index in [1.807, 2.05) is 0 Å². The summed E-state index contributed by atoms with van der Waals surface area (Å²) in [6, 6.07) is 9.24. The van der Waals surface area contributed by atoms with Crippen molar-refractivity contribution in [1.82, 2.24) is 21.2 Å². The van der Waals surface area contributed by atoms with Crippen LogP contribution < -0.4 is 16.2 Å². The zero-order chi connectivity index (χ0) is 16.7. The lowest BCUT2D eigenvalue weighted by Gasteiger charge is -2.08. The van der Waals surface area contributed by atoms with Crippen LogP contribution in [0.3, 0.4) is 0 Å². The molecule has 0 unspecified atom stereocenters. The van der Waals surface area contributed by atoms with Gasteiger partial charge in [-0.15, -0.1) is 0 Å². The summed E-state index contributed by atoms with van der Waals surface area (Å²) in [6.07, 6.45) is 2.92. The van der Waals surface area contributed by atoms with Crippen molar-refractivity contribution < 1.29 is 14.4 Å². The van der Waals surface area contributed by atoms with Crippen molar-refractivity contribution in [2.24, 2.45) is 0 Å². The Labute approximate surface area is 137 Å². The second kappa shape index (κ2) is 7.90. The van der Waals surface area contributed by atoms with E-state index in [4.69, 9.17) is 11.6 Å². The Morgan fingerprint density at radius 3 is 2.13 bits per heavy atom. The second-order valence-electron chi connectivity index (χ2n) is 4.43. The van der Waals surface area contributed by atoms with Crippen LogP contribution in [-0.2, 0) is 4.79 Å². The van der Waals surface area contributed by atoms with E-state index in [0.717, 1.165) is 0 Å². The van der Waals surface area contributed by atoms with E-state index in [1.165, 1.54) is 24.5 Å². The third-order valence-corrected chi connectivity index (χ3v) is 3.03. The van der Waals surface area contributed by atoms with Crippen LogP contribution in [0.25, 0.3) is 0 Å². The highest BCUT2D eigenvalue weighted by Gasteiger charge is 2.09. The van der Waals surface area contributed by atoms with Crippen LogP contribution in [0.5, 0.6) is 0 Å². The van der Waals surface area contributed by atoms with Crippen molar-refractivity contribution in [3.63, 3.8) is 0 Å². The fraction of sp³-hybridized carbons (Fsp3) is 0.0667. The highest BCUT2D eigenvalue weighted by atomic mass is 35.5. The quantitative estimate of drug-likeness (QED) is 0.725. The molecular weight excluding hydrogens is 320 g/mol. The fourth-order valence-corrected chi connectivity index (χ4v) is 1.74. The molecule has 3 amide bonds. The number of pyridine rings is 1. The van der Waals surface area contributed by atoms with Gasteiger partial charge in [0.25, 0.3) is 17.7 Å². The Kier molecular flexibility index (Phi) is 5.65. The minimum Gasteiger partial charge on any atom is -0.343 e. The van der Waals surface area contributed by atoms with Gasteiger partial charge in [-0.2, -0.15) is 0 Å². The van der Waals surface area contributed by atoms with E-state index < -0.39 is 17.7 Å². The van der Waals surface area contributed by atoms with Crippen LogP contribution in [-0.4, -0.2) is 29.3 Å². The number of carbonyl (C=O) groups is 3. The molecule has 2 rings (SSSR count). The molecule has 1 aromatic carbocycles. The monoisotopic (exact) mass is 332 g/mol. The SMILES string of the molecule is O=C(CNC(=O)c1ccc(Cl)cc1)NNC(=O)c1ccncc1. The van der Waals surface area contributed by atoms with Crippen molar-refractivity contribution in [2.45, 2.75) is 0 Å². The maximum absolute atomic E-state index is 11.8. The number of carbonyl (C=O) groups excluding carboxylic acids is 3. The maximum atomic E-state index is 11.8. The molecule has 1 heterocycles. The average molecular weight is 333 g/mol. The van der Waals surface area contributed by atoms with Gasteiger partial charge in [-0.05, 0) is 36.4 Å². The van der Waals surface area contributed by atoms with Crippen molar-refractivity contribution in [2.75, 3.05) is 6.54 Å². The molecule has 0 saturated heterocycles. The lowest BCUT2D eigenvalue weighted by Crippen LogP contribution is -2.46. The highest BCUT2D eigenvalue weighted by molar-refractivity contribution is 6.30. The summed E-state index contributed by atoms with van der Waals surface area (Å²) >= 11 is 5.73. The molecule has 0 bridgehead atoms. The van der Waals surface area contributed by atoms with Gasteiger partial charge in [-0.25, -0.2) is 0 Å². The molecule has 0 aliphatic rings. The molecule has 0 radical (unpaired) electrons. The predicted molar refractivity (Wildman–Crippen MR) is 83.6 cm³/mol. The van der Waals surface area contributed by atoms with Crippen LogP contribution in [0.2, 0.25) is 5.02 Å². The summed E-state index contributed by atoms with van der Waals surface area (Å²) in [5.74, 6) is -1.46. The highest BCUT2D eigenvalue weighted by Crippen LogP contribution is 2.09. The Bertz CT molecular complexity index is 704.